The lowest BCUT2D eigenvalue weighted by Crippen LogP contribution is -2.12. The molecule has 2 aromatic rings. The smallest absolute Gasteiger partial charge is 0.142 e. The summed E-state index contributed by atoms with van der Waals surface area (Å²) in [5, 5.41) is 0.933. The molecule has 14 heavy (non-hydrogen) atoms. The van der Waals surface area contributed by atoms with Crippen LogP contribution in [0, 0.1) is 5.82 Å². The summed E-state index contributed by atoms with van der Waals surface area (Å²) < 4.78 is 14.9. The first-order chi connectivity index (χ1) is 6.59. The van der Waals surface area contributed by atoms with E-state index in [4.69, 9.17) is 17.3 Å². The summed E-state index contributed by atoms with van der Waals surface area (Å²) in [6, 6.07) is 4.82. The van der Waals surface area contributed by atoms with E-state index < -0.39 is 5.82 Å². The van der Waals surface area contributed by atoms with Crippen LogP contribution in [0.5, 0.6) is 0 Å². The molecule has 0 saturated carbocycles. The summed E-state index contributed by atoms with van der Waals surface area (Å²) in [5.41, 5.74) is 6.59. The number of rotatable bonds is 1. The molecule has 74 valence electrons. The number of benzene rings is 1. The van der Waals surface area contributed by atoms with Crippen molar-refractivity contribution in [3.8, 4) is 0 Å². The highest BCUT2D eigenvalue weighted by molar-refractivity contribution is 6.31. The van der Waals surface area contributed by atoms with Crippen LogP contribution in [-0.4, -0.2) is 4.57 Å². The van der Waals surface area contributed by atoms with Crippen molar-refractivity contribution >= 4 is 22.5 Å². The first-order valence-electron chi connectivity index (χ1n) is 4.31. The quantitative estimate of drug-likeness (QED) is 0.774. The normalized spacial score (nSPS) is 13.4. The molecule has 1 atom stereocenters. The van der Waals surface area contributed by atoms with Crippen molar-refractivity contribution in [2.75, 3.05) is 0 Å². The van der Waals surface area contributed by atoms with Gasteiger partial charge in [-0.15, -0.1) is 0 Å². The van der Waals surface area contributed by atoms with Gasteiger partial charge in [0.05, 0.1) is 16.7 Å². The highest BCUT2D eigenvalue weighted by Gasteiger charge is 2.07. The van der Waals surface area contributed by atoms with E-state index >= 15 is 0 Å². The van der Waals surface area contributed by atoms with E-state index in [1.807, 2.05) is 23.8 Å². The van der Waals surface area contributed by atoms with Crippen molar-refractivity contribution in [3.63, 3.8) is 0 Å². The van der Waals surface area contributed by atoms with Gasteiger partial charge in [-0.25, -0.2) is 4.39 Å². The van der Waals surface area contributed by atoms with Gasteiger partial charge in [0.15, 0.2) is 0 Å². The second-order valence-electron chi connectivity index (χ2n) is 3.29. The molecule has 1 heterocycles. The molecule has 0 aliphatic carbocycles. The average Bonchev–Trinajstić information content (AvgIpc) is 2.48. The van der Waals surface area contributed by atoms with Gasteiger partial charge in [0.1, 0.15) is 5.82 Å². The third-order valence-corrected chi connectivity index (χ3v) is 2.49. The summed E-state index contributed by atoms with van der Waals surface area (Å²) in [4.78, 5) is 0. The Labute approximate surface area is 86.1 Å². The molecule has 0 aliphatic heterocycles. The molecule has 0 saturated heterocycles. The largest absolute Gasteiger partial charge is 0.332 e. The van der Waals surface area contributed by atoms with Gasteiger partial charge in [0.2, 0.25) is 0 Å². The lowest BCUT2D eigenvalue weighted by molar-refractivity contribution is 0.591. The van der Waals surface area contributed by atoms with Crippen molar-refractivity contribution in [1.82, 2.24) is 4.57 Å². The van der Waals surface area contributed by atoms with E-state index in [2.05, 4.69) is 0 Å². The van der Waals surface area contributed by atoms with Crippen molar-refractivity contribution in [1.29, 1.82) is 0 Å². The Balaban J connectivity index is 2.74. The Bertz CT molecular complexity index is 476. The second-order valence-corrected chi connectivity index (χ2v) is 3.70. The first kappa shape index (κ1) is 9.49. The van der Waals surface area contributed by atoms with E-state index in [1.54, 1.807) is 6.07 Å². The Hall–Kier alpha value is -1.06. The molecule has 0 amide bonds. The third-order valence-electron chi connectivity index (χ3n) is 2.20. The SMILES string of the molecule is CC(N)n1ccc2cc(F)c(Cl)cc21. The molecule has 0 aliphatic rings. The fourth-order valence-electron chi connectivity index (χ4n) is 1.50. The first-order valence-corrected chi connectivity index (χ1v) is 4.68. The van der Waals surface area contributed by atoms with Gasteiger partial charge in [-0.05, 0) is 25.1 Å². The zero-order valence-corrected chi connectivity index (χ0v) is 8.42. The Kier molecular flexibility index (Phi) is 2.21. The number of nitrogens with two attached hydrogens (primary N) is 1. The van der Waals surface area contributed by atoms with Gasteiger partial charge in [-0.2, -0.15) is 0 Å². The summed E-state index contributed by atoms with van der Waals surface area (Å²) in [7, 11) is 0. The van der Waals surface area contributed by atoms with Gasteiger partial charge in [0, 0.05) is 11.6 Å². The van der Waals surface area contributed by atoms with Crippen LogP contribution in [0.4, 0.5) is 4.39 Å². The number of hydrogen-bond donors (Lipinski definition) is 1. The highest BCUT2D eigenvalue weighted by atomic mass is 35.5. The molecule has 2 rings (SSSR count). The summed E-state index contributed by atoms with van der Waals surface area (Å²) >= 11 is 5.69. The molecule has 0 fully saturated rings. The standard InChI is InChI=1S/C10H10ClFN2/c1-6(13)14-3-2-7-4-9(12)8(11)5-10(7)14/h2-6H,13H2,1H3. The van der Waals surface area contributed by atoms with E-state index in [0.717, 1.165) is 10.9 Å². The highest BCUT2D eigenvalue weighted by Crippen LogP contribution is 2.24. The molecule has 4 heteroatoms. The fourth-order valence-corrected chi connectivity index (χ4v) is 1.66. The average molecular weight is 213 g/mol. The molecule has 2 N–H and O–H groups in total. The molecular formula is C10H10ClFN2. The van der Waals surface area contributed by atoms with E-state index in [9.17, 15) is 4.39 Å². The molecule has 0 radical (unpaired) electrons. The van der Waals surface area contributed by atoms with Gasteiger partial charge >= 0.3 is 0 Å². The number of hydrogen-bond acceptors (Lipinski definition) is 1. The Morgan fingerprint density at radius 2 is 2.21 bits per heavy atom. The summed E-state index contributed by atoms with van der Waals surface area (Å²) in [6.07, 6.45) is 1.68. The maximum atomic E-state index is 13.1. The van der Waals surface area contributed by atoms with Crippen LogP contribution in [0.1, 0.15) is 13.1 Å². The van der Waals surface area contributed by atoms with Gasteiger partial charge in [0.25, 0.3) is 0 Å². The molecule has 1 aromatic carbocycles. The van der Waals surface area contributed by atoms with E-state index in [-0.39, 0.29) is 11.2 Å². The van der Waals surface area contributed by atoms with Crippen LogP contribution in [0.15, 0.2) is 24.4 Å². The predicted molar refractivity (Wildman–Crippen MR) is 55.8 cm³/mol. The topological polar surface area (TPSA) is 30.9 Å². The minimum absolute atomic E-state index is 0.123. The second kappa shape index (κ2) is 3.26. The molecule has 1 unspecified atom stereocenters. The van der Waals surface area contributed by atoms with Crippen LogP contribution < -0.4 is 5.73 Å². The van der Waals surface area contributed by atoms with Crippen LogP contribution in [0.3, 0.4) is 0 Å². The number of fused-ring (bicyclic) bond motifs is 1. The van der Waals surface area contributed by atoms with Gasteiger partial charge in [-0.3, -0.25) is 0 Å². The minimum atomic E-state index is -0.401. The third kappa shape index (κ3) is 1.38. The molecule has 2 nitrogen and oxygen atoms in total. The summed E-state index contributed by atoms with van der Waals surface area (Å²) in [5.74, 6) is -0.401. The van der Waals surface area contributed by atoms with Crippen LogP contribution in [0.25, 0.3) is 10.9 Å². The zero-order valence-electron chi connectivity index (χ0n) is 7.67. The molecule has 1 aromatic heterocycles. The zero-order chi connectivity index (χ0) is 10.3. The number of nitrogens with zero attached hydrogens (tertiary/aromatic N) is 1. The van der Waals surface area contributed by atoms with Crippen LogP contribution >= 0.6 is 11.6 Å². The Morgan fingerprint density at radius 3 is 2.86 bits per heavy atom. The summed E-state index contributed by atoms with van der Waals surface area (Å²) in [6.45, 7) is 1.86. The van der Waals surface area contributed by atoms with E-state index in [0.29, 0.717) is 0 Å². The van der Waals surface area contributed by atoms with Crippen molar-refractivity contribution in [3.05, 3.63) is 35.2 Å². The number of halogens is 2. The van der Waals surface area contributed by atoms with Crippen molar-refractivity contribution < 1.29 is 4.39 Å². The van der Waals surface area contributed by atoms with Crippen molar-refractivity contribution in [2.45, 2.75) is 13.1 Å². The lowest BCUT2D eigenvalue weighted by Gasteiger charge is -2.09. The van der Waals surface area contributed by atoms with Crippen LogP contribution in [-0.2, 0) is 0 Å². The minimum Gasteiger partial charge on any atom is -0.332 e. The number of aromatic nitrogens is 1. The van der Waals surface area contributed by atoms with Crippen molar-refractivity contribution in [2.24, 2.45) is 5.73 Å². The maximum Gasteiger partial charge on any atom is 0.142 e. The predicted octanol–water partition coefficient (Wildman–Crippen LogP) is 2.91. The maximum absolute atomic E-state index is 13.1. The van der Waals surface area contributed by atoms with Crippen LogP contribution in [0.2, 0.25) is 5.02 Å². The molecular weight excluding hydrogens is 203 g/mol. The van der Waals surface area contributed by atoms with Gasteiger partial charge < -0.3 is 10.3 Å². The Morgan fingerprint density at radius 1 is 1.50 bits per heavy atom. The lowest BCUT2D eigenvalue weighted by atomic mass is 10.2. The van der Waals surface area contributed by atoms with E-state index in [1.165, 1.54) is 6.07 Å². The monoisotopic (exact) mass is 212 g/mol. The molecule has 0 bridgehead atoms. The van der Waals surface area contributed by atoms with Gasteiger partial charge in [-0.1, -0.05) is 11.6 Å². The fraction of sp³-hybridized carbons (Fsp3) is 0.200. The molecule has 0 spiro atoms.